The molecule has 0 amide bonds. The molecule has 2 N–H and O–H groups in total. The van der Waals surface area contributed by atoms with E-state index in [1.165, 1.54) is 25.1 Å². The van der Waals surface area contributed by atoms with Crippen molar-refractivity contribution in [2.24, 2.45) is 5.14 Å². The van der Waals surface area contributed by atoms with Crippen LogP contribution in [0.15, 0.2) is 29.2 Å². The smallest absolute Gasteiger partial charge is 0.308 e. The first-order valence-electron chi connectivity index (χ1n) is 3.71. The van der Waals surface area contributed by atoms with E-state index in [1.54, 1.807) is 6.07 Å². The van der Waals surface area contributed by atoms with Crippen molar-refractivity contribution >= 4 is 16.0 Å². The molecule has 1 aromatic carbocycles. The van der Waals surface area contributed by atoms with Gasteiger partial charge in [0.2, 0.25) is 10.0 Å². The summed E-state index contributed by atoms with van der Waals surface area (Å²) in [5.74, 6) is -0.649. The van der Waals surface area contributed by atoms with Crippen LogP contribution >= 0.6 is 0 Å². The maximum Gasteiger partial charge on any atom is 0.308 e. The van der Waals surface area contributed by atoms with Crippen LogP contribution in [0.5, 0.6) is 5.75 Å². The Morgan fingerprint density at radius 3 is 2.43 bits per heavy atom. The Balaban J connectivity index is 3.23. The van der Waals surface area contributed by atoms with Gasteiger partial charge in [-0.05, 0) is 12.1 Å². The van der Waals surface area contributed by atoms with Crippen LogP contribution in [0.25, 0.3) is 0 Å². The van der Waals surface area contributed by atoms with Crippen LogP contribution in [0.1, 0.15) is 6.92 Å². The number of rotatable bonds is 2. The predicted octanol–water partition coefficient (Wildman–Crippen LogP) is 0.259. The zero-order valence-electron chi connectivity index (χ0n) is 7.43. The summed E-state index contributed by atoms with van der Waals surface area (Å²) in [6.07, 6.45) is 0. The SMILES string of the molecule is CC(=O)Oc1ccccc1S(N)(=O)=O. The van der Waals surface area contributed by atoms with Crippen LogP contribution in [-0.4, -0.2) is 14.4 Å². The molecule has 0 fully saturated rings. The minimum Gasteiger partial charge on any atom is -0.425 e. The summed E-state index contributed by atoms with van der Waals surface area (Å²) in [5, 5.41) is 4.91. The molecule has 0 saturated heterocycles. The Bertz CT molecular complexity index is 452. The number of para-hydroxylation sites is 1. The fourth-order valence-electron chi connectivity index (χ4n) is 0.924. The summed E-state index contributed by atoms with van der Waals surface area (Å²) < 4.78 is 26.7. The molecule has 6 heteroatoms. The Hall–Kier alpha value is -1.40. The fraction of sp³-hybridized carbons (Fsp3) is 0.125. The molecule has 0 saturated carbocycles. The second-order valence-electron chi connectivity index (χ2n) is 2.59. The molecule has 1 aromatic rings. The lowest BCUT2D eigenvalue weighted by Gasteiger charge is -2.05. The third-order valence-electron chi connectivity index (χ3n) is 1.41. The van der Waals surface area contributed by atoms with Crippen LogP contribution in [0.4, 0.5) is 0 Å². The molecule has 0 unspecified atom stereocenters. The first-order valence-corrected chi connectivity index (χ1v) is 5.26. The maximum absolute atomic E-state index is 11.0. The number of benzene rings is 1. The first-order chi connectivity index (χ1) is 6.41. The number of sulfonamides is 1. The summed E-state index contributed by atoms with van der Waals surface area (Å²) in [5.41, 5.74) is 0. The molecule has 0 bridgehead atoms. The van der Waals surface area contributed by atoms with Crippen molar-refractivity contribution in [3.63, 3.8) is 0 Å². The molecule has 0 spiro atoms. The first kappa shape index (κ1) is 10.7. The van der Waals surface area contributed by atoms with E-state index in [0.29, 0.717) is 0 Å². The van der Waals surface area contributed by atoms with Crippen molar-refractivity contribution in [3.05, 3.63) is 24.3 Å². The van der Waals surface area contributed by atoms with Gasteiger partial charge in [-0.3, -0.25) is 4.79 Å². The van der Waals surface area contributed by atoms with Gasteiger partial charge in [-0.25, -0.2) is 13.6 Å². The second-order valence-corrected chi connectivity index (χ2v) is 4.12. The van der Waals surface area contributed by atoms with E-state index in [0.717, 1.165) is 0 Å². The van der Waals surface area contributed by atoms with Crippen LogP contribution in [0.2, 0.25) is 0 Å². The molecule has 76 valence electrons. The predicted molar refractivity (Wildman–Crippen MR) is 49.1 cm³/mol. The average molecular weight is 215 g/mol. The van der Waals surface area contributed by atoms with Crippen molar-refractivity contribution in [1.82, 2.24) is 0 Å². The van der Waals surface area contributed by atoms with Crippen molar-refractivity contribution in [2.45, 2.75) is 11.8 Å². The van der Waals surface area contributed by atoms with Gasteiger partial charge in [0.05, 0.1) is 0 Å². The average Bonchev–Trinajstić information content (AvgIpc) is 2.01. The number of primary sulfonamides is 1. The van der Waals surface area contributed by atoms with Crippen LogP contribution in [0, 0.1) is 0 Å². The number of ether oxygens (including phenoxy) is 1. The van der Waals surface area contributed by atoms with E-state index >= 15 is 0 Å². The molecule has 14 heavy (non-hydrogen) atoms. The van der Waals surface area contributed by atoms with Gasteiger partial charge in [-0.15, -0.1) is 0 Å². The lowest BCUT2D eigenvalue weighted by molar-refractivity contribution is -0.132. The van der Waals surface area contributed by atoms with Gasteiger partial charge >= 0.3 is 5.97 Å². The Kier molecular flexibility index (Phi) is 2.87. The van der Waals surface area contributed by atoms with Crippen LogP contribution in [0.3, 0.4) is 0 Å². The highest BCUT2D eigenvalue weighted by atomic mass is 32.2. The molecule has 0 radical (unpaired) electrons. The maximum atomic E-state index is 11.0. The Morgan fingerprint density at radius 1 is 1.36 bits per heavy atom. The number of hydrogen-bond acceptors (Lipinski definition) is 4. The zero-order chi connectivity index (χ0) is 10.8. The van der Waals surface area contributed by atoms with E-state index < -0.39 is 16.0 Å². The summed E-state index contributed by atoms with van der Waals surface area (Å²) in [6.45, 7) is 1.18. The summed E-state index contributed by atoms with van der Waals surface area (Å²) >= 11 is 0. The highest BCUT2D eigenvalue weighted by Crippen LogP contribution is 2.21. The number of nitrogens with two attached hydrogens (primary N) is 1. The monoisotopic (exact) mass is 215 g/mol. The standard InChI is InChI=1S/C8H9NO4S/c1-6(10)13-7-4-2-3-5-8(7)14(9,11)12/h2-5H,1H3,(H2,9,11,12). The minimum atomic E-state index is -3.86. The van der Waals surface area contributed by atoms with E-state index in [9.17, 15) is 13.2 Å². The lowest BCUT2D eigenvalue weighted by Crippen LogP contribution is -2.14. The highest BCUT2D eigenvalue weighted by Gasteiger charge is 2.15. The summed E-state index contributed by atoms with van der Waals surface area (Å²) in [6, 6.07) is 5.68. The largest absolute Gasteiger partial charge is 0.425 e. The fourth-order valence-corrected chi connectivity index (χ4v) is 1.58. The van der Waals surface area contributed by atoms with Crippen LogP contribution in [-0.2, 0) is 14.8 Å². The second kappa shape index (κ2) is 3.77. The van der Waals surface area contributed by atoms with Crippen molar-refractivity contribution < 1.29 is 17.9 Å². The van der Waals surface area contributed by atoms with E-state index in [1.807, 2.05) is 0 Å². The molecule has 0 aliphatic rings. The Morgan fingerprint density at radius 2 is 1.93 bits per heavy atom. The molecule has 0 heterocycles. The molecular weight excluding hydrogens is 206 g/mol. The zero-order valence-corrected chi connectivity index (χ0v) is 8.24. The summed E-state index contributed by atoms with van der Waals surface area (Å²) in [7, 11) is -3.86. The summed E-state index contributed by atoms with van der Waals surface area (Å²) in [4.78, 5) is 10.4. The van der Waals surface area contributed by atoms with E-state index in [4.69, 9.17) is 5.14 Å². The van der Waals surface area contributed by atoms with Crippen molar-refractivity contribution in [1.29, 1.82) is 0 Å². The molecule has 0 aromatic heterocycles. The number of hydrogen-bond donors (Lipinski definition) is 1. The molecule has 1 rings (SSSR count). The lowest BCUT2D eigenvalue weighted by atomic mass is 10.3. The molecule has 0 aliphatic heterocycles. The molecule has 0 aliphatic carbocycles. The minimum absolute atomic E-state index is 0.0532. The van der Waals surface area contributed by atoms with Gasteiger partial charge in [0, 0.05) is 6.92 Å². The van der Waals surface area contributed by atoms with Gasteiger partial charge in [-0.1, -0.05) is 12.1 Å². The molecule has 5 nitrogen and oxygen atoms in total. The van der Waals surface area contributed by atoms with Gasteiger partial charge in [0.25, 0.3) is 0 Å². The number of esters is 1. The third kappa shape index (κ3) is 2.54. The third-order valence-corrected chi connectivity index (χ3v) is 2.36. The van der Waals surface area contributed by atoms with Crippen molar-refractivity contribution in [2.75, 3.05) is 0 Å². The van der Waals surface area contributed by atoms with E-state index in [-0.39, 0.29) is 10.6 Å². The highest BCUT2D eigenvalue weighted by molar-refractivity contribution is 7.89. The number of carbonyl (C=O) groups excluding carboxylic acids is 1. The quantitative estimate of drug-likeness (QED) is 0.566. The Labute approximate surface area is 81.5 Å². The van der Waals surface area contributed by atoms with E-state index in [2.05, 4.69) is 4.74 Å². The van der Waals surface area contributed by atoms with Crippen molar-refractivity contribution in [3.8, 4) is 5.75 Å². The van der Waals surface area contributed by atoms with Gasteiger partial charge < -0.3 is 4.74 Å². The van der Waals surface area contributed by atoms with Gasteiger partial charge in [0.1, 0.15) is 4.90 Å². The van der Waals surface area contributed by atoms with Gasteiger partial charge in [-0.2, -0.15) is 0 Å². The number of carbonyl (C=O) groups is 1. The molecular formula is C8H9NO4S. The van der Waals surface area contributed by atoms with Crippen LogP contribution < -0.4 is 9.88 Å². The normalized spacial score (nSPS) is 11.0. The van der Waals surface area contributed by atoms with Gasteiger partial charge in [0.15, 0.2) is 5.75 Å². The topological polar surface area (TPSA) is 86.5 Å². The molecule has 0 atom stereocenters.